The Labute approximate surface area is 57.3 Å². The zero-order chi connectivity index (χ0) is 7.28. The predicted octanol–water partition coefficient (Wildman–Crippen LogP) is -0.448. The van der Waals surface area contributed by atoms with Gasteiger partial charge >= 0.3 is 9.28 Å². The molecule has 0 amide bonds. The molecular formula is C5H13NO2Si. The molecule has 0 saturated carbocycles. The lowest BCUT2D eigenvalue weighted by Gasteiger charge is -2.14. The molecule has 0 heterocycles. The molecule has 2 N–H and O–H groups in total. The van der Waals surface area contributed by atoms with Crippen molar-refractivity contribution >= 4 is 9.28 Å². The van der Waals surface area contributed by atoms with Gasteiger partial charge in [0.25, 0.3) is 0 Å². The van der Waals surface area contributed by atoms with E-state index in [1.54, 1.807) is 20.3 Å². The molecule has 0 radical (unpaired) electrons. The van der Waals surface area contributed by atoms with E-state index in [1.165, 1.54) is 0 Å². The molecule has 0 aliphatic heterocycles. The van der Waals surface area contributed by atoms with Crippen LogP contribution in [0.2, 0.25) is 0 Å². The van der Waals surface area contributed by atoms with Crippen molar-refractivity contribution < 1.29 is 8.85 Å². The van der Waals surface area contributed by atoms with Crippen LogP contribution in [0.1, 0.15) is 0 Å². The van der Waals surface area contributed by atoms with Gasteiger partial charge in [0.1, 0.15) is 0 Å². The maximum absolute atomic E-state index is 5.53. The highest BCUT2D eigenvalue weighted by atomic mass is 28.3. The van der Waals surface area contributed by atoms with Crippen LogP contribution >= 0.6 is 0 Å². The summed E-state index contributed by atoms with van der Waals surface area (Å²) in [5.74, 6) is 0. The fraction of sp³-hybridized carbons (Fsp3) is 0.600. The third kappa shape index (κ3) is 2.76. The van der Waals surface area contributed by atoms with Crippen LogP contribution in [-0.2, 0) is 8.85 Å². The second kappa shape index (κ2) is 4.69. The van der Waals surface area contributed by atoms with E-state index in [9.17, 15) is 0 Å². The molecule has 0 aromatic rings. The van der Waals surface area contributed by atoms with Crippen molar-refractivity contribution in [2.75, 3.05) is 14.2 Å². The molecule has 0 aromatic heterocycles. The average Bonchev–Trinajstić information content (AvgIpc) is 1.90. The molecule has 0 saturated heterocycles. The first-order valence-electron chi connectivity index (χ1n) is 2.70. The third-order valence-corrected chi connectivity index (χ3v) is 2.88. The minimum Gasteiger partial charge on any atom is -0.399 e. The SMILES string of the molecule is C=CC(N)[SiH](OC)OC. The van der Waals surface area contributed by atoms with Crippen LogP contribution in [0, 0.1) is 0 Å². The van der Waals surface area contributed by atoms with Crippen LogP contribution in [0.15, 0.2) is 12.7 Å². The third-order valence-electron chi connectivity index (χ3n) is 1.05. The Bertz CT molecular complexity index is 85.0. The van der Waals surface area contributed by atoms with E-state index in [0.29, 0.717) is 0 Å². The Hall–Kier alpha value is -0.163. The van der Waals surface area contributed by atoms with E-state index in [1.807, 2.05) is 0 Å². The maximum Gasteiger partial charge on any atom is 0.342 e. The molecule has 3 nitrogen and oxygen atoms in total. The van der Waals surface area contributed by atoms with Crippen molar-refractivity contribution in [3.8, 4) is 0 Å². The fourth-order valence-electron chi connectivity index (χ4n) is 0.522. The molecule has 1 unspecified atom stereocenters. The van der Waals surface area contributed by atoms with Crippen LogP contribution in [-0.4, -0.2) is 29.2 Å². The van der Waals surface area contributed by atoms with Gasteiger partial charge in [-0.15, -0.1) is 6.58 Å². The lowest BCUT2D eigenvalue weighted by Crippen LogP contribution is -2.40. The largest absolute Gasteiger partial charge is 0.399 e. The van der Waals surface area contributed by atoms with E-state index >= 15 is 0 Å². The molecule has 9 heavy (non-hydrogen) atoms. The molecule has 4 heteroatoms. The molecule has 0 aliphatic rings. The Morgan fingerprint density at radius 1 is 1.56 bits per heavy atom. The second-order valence-electron chi connectivity index (χ2n) is 1.65. The smallest absolute Gasteiger partial charge is 0.342 e. The van der Waals surface area contributed by atoms with Crippen LogP contribution in [0.25, 0.3) is 0 Å². The van der Waals surface area contributed by atoms with Crippen molar-refractivity contribution in [1.29, 1.82) is 0 Å². The van der Waals surface area contributed by atoms with Crippen molar-refractivity contribution in [2.45, 2.75) is 5.67 Å². The normalized spacial score (nSPS) is 13.8. The molecule has 0 rings (SSSR count). The van der Waals surface area contributed by atoms with E-state index in [2.05, 4.69) is 6.58 Å². The summed E-state index contributed by atoms with van der Waals surface area (Å²) < 4.78 is 9.95. The van der Waals surface area contributed by atoms with Crippen LogP contribution < -0.4 is 5.73 Å². The number of rotatable bonds is 4. The van der Waals surface area contributed by atoms with Crippen molar-refractivity contribution in [1.82, 2.24) is 0 Å². The van der Waals surface area contributed by atoms with Gasteiger partial charge in [-0.1, -0.05) is 6.08 Å². The quantitative estimate of drug-likeness (QED) is 0.433. The Balaban J connectivity index is 3.63. The van der Waals surface area contributed by atoms with E-state index in [4.69, 9.17) is 14.6 Å². The molecular weight excluding hydrogens is 134 g/mol. The summed E-state index contributed by atoms with van der Waals surface area (Å²) in [7, 11) is 1.58. The van der Waals surface area contributed by atoms with Gasteiger partial charge in [-0.05, 0) is 0 Å². The van der Waals surface area contributed by atoms with Gasteiger partial charge in [0.15, 0.2) is 0 Å². The monoisotopic (exact) mass is 147 g/mol. The molecule has 0 aliphatic carbocycles. The van der Waals surface area contributed by atoms with Gasteiger partial charge in [0.2, 0.25) is 0 Å². The number of hydrogen-bond acceptors (Lipinski definition) is 3. The fourth-order valence-corrected chi connectivity index (χ4v) is 1.56. The lowest BCUT2D eigenvalue weighted by atomic mass is 10.6. The number of nitrogens with two attached hydrogens (primary N) is 1. The topological polar surface area (TPSA) is 44.5 Å². The van der Waals surface area contributed by atoms with Gasteiger partial charge in [0.05, 0.1) is 5.67 Å². The average molecular weight is 147 g/mol. The summed E-state index contributed by atoms with van der Waals surface area (Å²) in [4.78, 5) is 0. The van der Waals surface area contributed by atoms with Gasteiger partial charge in [-0.2, -0.15) is 0 Å². The second-order valence-corrected chi connectivity index (χ2v) is 4.10. The highest BCUT2D eigenvalue weighted by molar-refractivity contribution is 6.47. The van der Waals surface area contributed by atoms with E-state index in [0.717, 1.165) is 0 Å². The molecule has 0 aromatic carbocycles. The van der Waals surface area contributed by atoms with Gasteiger partial charge in [0, 0.05) is 14.2 Å². The summed E-state index contributed by atoms with van der Waals surface area (Å²) in [6.45, 7) is 3.53. The zero-order valence-corrected chi connectivity index (χ0v) is 6.99. The van der Waals surface area contributed by atoms with Crippen LogP contribution in [0.5, 0.6) is 0 Å². The molecule has 0 spiro atoms. The summed E-state index contributed by atoms with van der Waals surface area (Å²) in [5.41, 5.74) is 5.42. The Kier molecular flexibility index (Phi) is 4.61. The molecule has 54 valence electrons. The first-order chi connectivity index (χ1) is 4.26. The molecule has 0 fully saturated rings. The standard InChI is InChI=1S/C5H13NO2Si/c1-4-5(6)9(7-2)8-3/h4-5,9H,1,6H2,2-3H3. The van der Waals surface area contributed by atoms with Crippen LogP contribution in [0.4, 0.5) is 0 Å². The van der Waals surface area contributed by atoms with Crippen molar-refractivity contribution in [3.63, 3.8) is 0 Å². The molecule has 0 bridgehead atoms. The highest BCUT2D eigenvalue weighted by Gasteiger charge is 2.15. The minimum atomic E-state index is -1.63. The summed E-state index contributed by atoms with van der Waals surface area (Å²) in [6.07, 6.45) is 1.64. The van der Waals surface area contributed by atoms with E-state index in [-0.39, 0.29) is 5.67 Å². The summed E-state index contributed by atoms with van der Waals surface area (Å²) in [6, 6.07) is 0. The lowest BCUT2D eigenvalue weighted by molar-refractivity contribution is 0.272. The zero-order valence-electron chi connectivity index (χ0n) is 5.83. The van der Waals surface area contributed by atoms with Gasteiger partial charge in [-0.25, -0.2) is 0 Å². The van der Waals surface area contributed by atoms with Crippen LogP contribution in [0.3, 0.4) is 0 Å². The molecule has 1 atom stereocenters. The maximum atomic E-state index is 5.53. The Morgan fingerprint density at radius 3 is 2.11 bits per heavy atom. The summed E-state index contributed by atoms with van der Waals surface area (Å²) in [5, 5.41) is 0. The Morgan fingerprint density at radius 2 is 2.00 bits per heavy atom. The highest BCUT2D eigenvalue weighted by Crippen LogP contribution is 1.90. The predicted molar refractivity (Wildman–Crippen MR) is 39.3 cm³/mol. The first-order valence-corrected chi connectivity index (χ1v) is 4.31. The van der Waals surface area contributed by atoms with Gasteiger partial charge < -0.3 is 14.6 Å². The minimum absolute atomic E-state index is 0.111. The van der Waals surface area contributed by atoms with E-state index < -0.39 is 9.28 Å². The van der Waals surface area contributed by atoms with Crippen molar-refractivity contribution in [3.05, 3.63) is 12.7 Å². The van der Waals surface area contributed by atoms with Gasteiger partial charge in [-0.3, -0.25) is 0 Å². The summed E-state index contributed by atoms with van der Waals surface area (Å²) >= 11 is 0. The number of hydrogen-bond donors (Lipinski definition) is 1. The van der Waals surface area contributed by atoms with Crippen molar-refractivity contribution in [2.24, 2.45) is 5.73 Å². The first kappa shape index (κ1) is 8.84.